The molecule has 28 heavy (non-hydrogen) atoms. The lowest BCUT2D eigenvalue weighted by atomic mass is 10.1. The number of ether oxygens (including phenoxy) is 2. The molecule has 0 aliphatic rings. The quantitative estimate of drug-likeness (QED) is 0.644. The molecule has 2 aromatic carbocycles. The van der Waals surface area contributed by atoms with Gasteiger partial charge in [-0.15, -0.1) is 11.3 Å². The van der Waals surface area contributed by atoms with Crippen molar-refractivity contribution >= 4 is 28.3 Å². The number of amides is 1. The normalized spacial score (nSPS) is 10.4. The Balaban J connectivity index is 1.83. The number of rotatable bonds is 5. The molecule has 1 N–H and O–H groups in total. The highest BCUT2D eigenvalue weighted by molar-refractivity contribution is 7.16. The van der Waals surface area contributed by atoms with E-state index in [1.54, 1.807) is 25.3 Å². The van der Waals surface area contributed by atoms with Gasteiger partial charge >= 0.3 is 5.97 Å². The predicted molar refractivity (Wildman–Crippen MR) is 109 cm³/mol. The summed E-state index contributed by atoms with van der Waals surface area (Å²) in [5.74, 6) is -0.00971. The van der Waals surface area contributed by atoms with E-state index in [4.69, 9.17) is 9.47 Å². The average Bonchev–Trinajstić information content (AvgIpc) is 3.07. The number of thiazole rings is 1. The van der Waals surface area contributed by atoms with Crippen LogP contribution in [0.5, 0.6) is 5.75 Å². The Kier molecular flexibility index (Phi) is 5.75. The van der Waals surface area contributed by atoms with Gasteiger partial charge in [0.1, 0.15) is 5.75 Å². The molecule has 0 unspecified atom stereocenters. The maximum absolute atomic E-state index is 12.6. The smallest absolute Gasteiger partial charge is 0.337 e. The van der Waals surface area contributed by atoms with Crippen molar-refractivity contribution in [1.29, 1.82) is 0 Å². The monoisotopic (exact) mass is 396 g/mol. The molecule has 1 heterocycles. The Morgan fingerprint density at radius 3 is 2.46 bits per heavy atom. The number of aromatic nitrogens is 1. The number of nitrogens with one attached hydrogen (secondary N) is 1. The van der Waals surface area contributed by atoms with Gasteiger partial charge in [-0.25, -0.2) is 9.78 Å². The lowest BCUT2D eigenvalue weighted by Gasteiger charge is -2.06. The number of hydrogen-bond acceptors (Lipinski definition) is 6. The van der Waals surface area contributed by atoms with Crippen LogP contribution in [0.15, 0.2) is 42.5 Å². The summed E-state index contributed by atoms with van der Waals surface area (Å²) in [4.78, 5) is 29.8. The first-order chi connectivity index (χ1) is 13.4. The fourth-order valence-corrected chi connectivity index (χ4v) is 3.65. The number of carbonyl (C=O) groups is 2. The number of anilines is 1. The Labute approximate surface area is 167 Å². The van der Waals surface area contributed by atoms with Crippen LogP contribution >= 0.6 is 11.3 Å². The summed E-state index contributed by atoms with van der Waals surface area (Å²) in [6.07, 6.45) is 0. The van der Waals surface area contributed by atoms with Gasteiger partial charge in [0.2, 0.25) is 0 Å². The molecule has 0 aliphatic heterocycles. The fraction of sp³-hybridized carbons (Fsp3) is 0.190. The maximum Gasteiger partial charge on any atom is 0.337 e. The van der Waals surface area contributed by atoms with Gasteiger partial charge in [-0.3, -0.25) is 10.1 Å². The van der Waals surface area contributed by atoms with Crippen LogP contribution in [0.3, 0.4) is 0 Å². The van der Waals surface area contributed by atoms with Crippen molar-refractivity contribution in [3.8, 4) is 17.0 Å². The van der Waals surface area contributed by atoms with Crippen molar-refractivity contribution in [2.24, 2.45) is 0 Å². The SMILES string of the molecule is COC(=O)c1cccc(C(=O)Nc2nc(-c3ccc(OC)c(C)c3)c(C)s2)c1. The van der Waals surface area contributed by atoms with Gasteiger partial charge in [-0.2, -0.15) is 0 Å². The van der Waals surface area contributed by atoms with Gasteiger partial charge in [0.05, 0.1) is 25.5 Å². The number of methoxy groups -OCH3 is 2. The molecule has 0 atom stereocenters. The van der Waals surface area contributed by atoms with Crippen molar-refractivity contribution in [1.82, 2.24) is 4.98 Å². The molecule has 1 amide bonds. The van der Waals surface area contributed by atoms with Crippen molar-refractivity contribution < 1.29 is 19.1 Å². The van der Waals surface area contributed by atoms with Crippen LogP contribution in [-0.2, 0) is 4.74 Å². The lowest BCUT2D eigenvalue weighted by Crippen LogP contribution is -2.13. The molecule has 0 spiro atoms. The van der Waals surface area contributed by atoms with E-state index in [9.17, 15) is 9.59 Å². The van der Waals surface area contributed by atoms with Crippen molar-refractivity contribution in [3.05, 3.63) is 64.0 Å². The summed E-state index contributed by atoms with van der Waals surface area (Å²) in [6, 6.07) is 12.2. The molecule has 0 saturated heterocycles. The zero-order chi connectivity index (χ0) is 20.3. The molecule has 0 aliphatic carbocycles. The molecule has 0 saturated carbocycles. The van der Waals surface area contributed by atoms with Gasteiger partial charge in [0.15, 0.2) is 5.13 Å². The predicted octanol–water partition coefficient (Wildman–Crippen LogP) is 4.47. The highest BCUT2D eigenvalue weighted by Gasteiger charge is 2.15. The van der Waals surface area contributed by atoms with E-state index in [1.165, 1.54) is 24.5 Å². The van der Waals surface area contributed by atoms with Gasteiger partial charge in [0, 0.05) is 16.0 Å². The van der Waals surface area contributed by atoms with E-state index in [2.05, 4.69) is 10.3 Å². The topological polar surface area (TPSA) is 77.5 Å². The van der Waals surface area contributed by atoms with E-state index < -0.39 is 5.97 Å². The average molecular weight is 396 g/mol. The van der Waals surface area contributed by atoms with E-state index >= 15 is 0 Å². The molecule has 0 radical (unpaired) electrons. The Bertz CT molecular complexity index is 1040. The van der Waals surface area contributed by atoms with Crippen molar-refractivity contribution in [2.75, 3.05) is 19.5 Å². The van der Waals surface area contributed by atoms with Gasteiger partial charge in [0.25, 0.3) is 5.91 Å². The number of nitrogens with zero attached hydrogens (tertiary/aromatic N) is 1. The number of hydrogen-bond donors (Lipinski definition) is 1. The molecule has 3 aromatic rings. The fourth-order valence-electron chi connectivity index (χ4n) is 2.82. The molecule has 1 aromatic heterocycles. The second-order valence-electron chi connectivity index (χ2n) is 6.13. The first-order valence-corrected chi connectivity index (χ1v) is 9.36. The van der Waals surface area contributed by atoms with Crippen LogP contribution in [-0.4, -0.2) is 31.1 Å². The second-order valence-corrected chi connectivity index (χ2v) is 7.34. The number of aryl methyl sites for hydroxylation is 2. The van der Waals surface area contributed by atoms with Gasteiger partial charge < -0.3 is 9.47 Å². The molecular weight excluding hydrogens is 376 g/mol. The molecule has 3 rings (SSSR count). The van der Waals surface area contributed by atoms with Crippen LogP contribution in [0.1, 0.15) is 31.2 Å². The molecule has 0 bridgehead atoms. The number of carbonyl (C=O) groups excluding carboxylic acids is 2. The third kappa shape index (κ3) is 4.04. The van der Waals surface area contributed by atoms with Gasteiger partial charge in [-0.05, 0) is 55.8 Å². The summed E-state index contributed by atoms with van der Waals surface area (Å²) in [5, 5.41) is 3.30. The Hall–Kier alpha value is -3.19. The summed E-state index contributed by atoms with van der Waals surface area (Å²) < 4.78 is 9.99. The van der Waals surface area contributed by atoms with Crippen LogP contribution in [0.2, 0.25) is 0 Å². The first kappa shape index (κ1) is 19.6. The maximum atomic E-state index is 12.6. The lowest BCUT2D eigenvalue weighted by molar-refractivity contribution is 0.0600. The summed E-state index contributed by atoms with van der Waals surface area (Å²) in [5.41, 5.74) is 3.46. The summed E-state index contributed by atoms with van der Waals surface area (Å²) >= 11 is 1.40. The molecule has 6 nitrogen and oxygen atoms in total. The van der Waals surface area contributed by atoms with Crippen LogP contribution in [0.25, 0.3) is 11.3 Å². The minimum absolute atomic E-state index is 0.319. The number of esters is 1. The number of benzene rings is 2. The minimum atomic E-state index is -0.489. The Morgan fingerprint density at radius 2 is 1.79 bits per heavy atom. The molecule has 144 valence electrons. The van der Waals surface area contributed by atoms with Crippen molar-refractivity contribution in [2.45, 2.75) is 13.8 Å². The highest BCUT2D eigenvalue weighted by Crippen LogP contribution is 2.33. The standard InChI is InChI=1S/C21H20N2O4S/c1-12-10-14(8-9-17(12)26-3)18-13(2)28-21(22-18)23-19(24)15-6-5-7-16(11-15)20(25)27-4/h5-11H,1-4H3,(H,22,23,24). The largest absolute Gasteiger partial charge is 0.496 e. The van der Waals surface area contributed by atoms with E-state index in [0.717, 1.165) is 27.4 Å². The summed E-state index contributed by atoms with van der Waals surface area (Å²) in [6.45, 7) is 3.93. The van der Waals surface area contributed by atoms with Crippen LogP contribution < -0.4 is 10.1 Å². The van der Waals surface area contributed by atoms with Crippen LogP contribution in [0.4, 0.5) is 5.13 Å². The van der Waals surface area contributed by atoms with E-state index in [0.29, 0.717) is 16.3 Å². The second kappa shape index (κ2) is 8.22. The third-order valence-corrected chi connectivity index (χ3v) is 5.12. The molecule has 0 fully saturated rings. The highest BCUT2D eigenvalue weighted by atomic mass is 32.1. The third-order valence-electron chi connectivity index (χ3n) is 4.23. The van der Waals surface area contributed by atoms with E-state index in [1.807, 2.05) is 32.0 Å². The minimum Gasteiger partial charge on any atom is -0.496 e. The van der Waals surface area contributed by atoms with E-state index in [-0.39, 0.29) is 5.91 Å². The van der Waals surface area contributed by atoms with Crippen molar-refractivity contribution in [3.63, 3.8) is 0 Å². The zero-order valence-corrected chi connectivity index (χ0v) is 16.8. The first-order valence-electron chi connectivity index (χ1n) is 8.55. The Morgan fingerprint density at radius 1 is 1.04 bits per heavy atom. The molecular formula is C21H20N2O4S. The van der Waals surface area contributed by atoms with Crippen LogP contribution in [0, 0.1) is 13.8 Å². The zero-order valence-electron chi connectivity index (χ0n) is 16.0. The van der Waals surface area contributed by atoms with Gasteiger partial charge in [-0.1, -0.05) is 6.07 Å². The molecule has 7 heteroatoms. The summed E-state index contributed by atoms with van der Waals surface area (Å²) in [7, 11) is 2.94.